The number of hydrogen-bond donors (Lipinski definition) is 2. The Hall–Kier alpha value is -1.13. The molecular weight excluding hydrogens is 273 g/mol. The van der Waals surface area contributed by atoms with Gasteiger partial charge in [0, 0.05) is 24.3 Å². The van der Waals surface area contributed by atoms with E-state index in [0.717, 1.165) is 18.7 Å². The van der Waals surface area contributed by atoms with Gasteiger partial charge in [0.25, 0.3) is 0 Å². The normalized spacial score (nSPS) is 15.6. The van der Waals surface area contributed by atoms with Crippen LogP contribution in [0.15, 0.2) is 29.4 Å². The lowest BCUT2D eigenvalue weighted by Crippen LogP contribution is -2.29. The first-order chi connectivity index (χ1) is 7.81. The molecule has 1 aliphatic rings. The van der Waals surface area contributed by atoms with Crippen molar-refractivity contribution in [2.24, 2.45) is 10.9 Å². The van der Waals surface area contributed by atoms with E-state index in [-0.39, 0.29) is 30.6 Å². The lowest BCUT2D eigenvalue weighted by Gasteiger charge is -2.28. The van der Waals surface area contributed by atoms with Crippen molar-refractivity contribution >= 4 is 36.3 Å². The monoisotopic (exact) mass is 291 g/mol. The highest BCUT2D eigenvalue weighted by Crippen LogP contribution is 2.19. The molecule has 1 heterocycles. The van der Waals surface area contributed by atoms with E-state index in [4.69, 9.17) is 10.9 Å². The lowest BCUT2D eigenvalue weighted by molar-refractivity contribution is 0.318. The molecule has 0 bridgehead atoms. The van der Waals surface area contributed by atoms with E-state index < -0.39 is 0 Å². The zero-order valence-corrected chi connectivity index (χ0v) is 11.7. The van der Waals surface area contributed by atoms with E-state index in [9.17, 15) is 0 Å². The van der Waals surface area contributed by atoms with E-state index >= 15 is 0 Å². The molecule has 0 aromatic heterocycles. The van der Waals surface area contributed by atoms with Gasteiger partial charge in [-0.15, -0.1) is 24.8 Å². The van der Waals surface area contributed by atoms with Crippen LogP contribution < -0.4 is 10.6 Å². The minimum Gasteiger partial charge on any atom is -0.409 e. The number of oxime groups is 1. The van der Waals surface area contributed by atoms with Gasteiger partial charge in [-0.25, -0.2) is 0 Å². The summed E-state index contributed by atoms with van der Waals surface area (Å²) in [7, 11) is 0. The van der Waals surface area contributed by atoms with E-state index in [1.165, 1.54) is 24.9 Å². The first kappa shape index (κ1) is 16.9. The van der Waals surface area contributed by atoms with Gasteiger partial charge >= 0.3 is 0 Å². The van der Waals surface area contributed by atoms with Crippen LogP contribution in [0.2, 0.25) is 0 Å². The summed E-state index contributed by atoms with van der Waals surface area (Å²) in [6.07, 6.45) is 3.86. The predicted octanol–water partition coefficient (Wildman–Crippen LogP) is 2.62. The smallest absolute Gasteiger partial charge is 0.170 e. The van der Waals surface area contributed by atoms with Gasteiger partial charge in [-0.3, -0.25) is 0 Å². The molecule has 0 amide bonds. The minimum absolute atomic E-state index is 0. The topological polar surface area (TPSA) is 61.9 Å². The Morgan fingerprint density at radius 1 is 1.06 bits per heavy atom. The fourth-order valence-corrected chi connectivity index (χ4v) is 2.05. The zero-order valence-electron chi connectivity index (χ0n) is 10.1. The van der Waals surface area contributed by atoms with Crippen LogP contribution in [0.5, 0.6) is 0 Å². The summed E-state index contributed by atoms with van der Waals surface area (Å²) >= 11 is 0. The van der Waals surface area contributed by atoms with Crippen LogP contribution in [0.25, 0.3) is 0 Å². The van der Waals surface area contributed by atoms with Crippen molar-refractivity contribution < 1.29 is 5.21 Å². The number of piperidine rings is 1. The molecule has 1 saturated heterocycles. The molecule has 2 rings (SSSR count). The molecule has 0 radical (unpaired) electrons. The van der Waals surface area contributed by atoms with Crippen LogP contribution in [-0.2, 0) is 0 Å². The highest BCUT2D eigenvalue weighted by molar-refractivity contribution is 5.97. The molecule has 6 heteroatoms. The highest BCUT2D eigenvalue weighted by atomic mass is 35.5. The van der Waals surface area contributed by atoms with E-state index in [0.29, 0.717) is 0 Å². The van der Waals surface area contributed by atoms with E-state index in [2.05, 4.69) is 10.1 Å². The molecule has 4 nitrogen and oxygen atoms in total. The third kappa shape index (κ3) is 3.96. The minimum atomic E-state index is 0. The van der Waals surface area contributed by atoms with E-state index in [1.54, 1.807) is 0 Å². The Balaban J connectivity index is 0.00000144. The van der Waals surface area contributed by atoms with Gasteiger partial charge in [0.15, 0.2) is 5.84 Å². The number of benzene rings is 1. The van der Waals surface area contributed by atoms with Crippen molar-refractivity contribution in [2.75, 3.05) is 18.0 Å². The summed E-state index contributed by atoms with van der Waals surface area (Å²) < 4.78 is 0. The average molecular weight is 292 g/mol. The summed E-state index contributed by atoms with van der Waals surface area (Å²) in [4.78, 5) is 2.37. The SMILES string of the molecule is Cl.Cl.NC(=NO)c1ccc(N2CCCCC2)cc1. The molecule has 3 N–H and O–H groups in total. The molecule has 0 saturated carbocycles. The van der Waals surface area contributed by atoms with Crippen molar-refractivity contribution in [3.63, 3.8) is 0 Å². The molecule has 102 valence electrons. The van der Waals surface area contributed by atoms with Crippen LogP contribution in [0.3, 0.4) is 0 Å². The van der Waals surface area contributed by atoms with Crippen molar-refractivity contribution in [3.8, 4) is 0 Å². The van der Waals surface area contributed by atoms with Gasteiger partial charge < -0.3 is 15.8 Å². The van der Waals surface area contributed by atoms with Gasteiger partial charge in [-0.2, -0.15) is 0 Å². The molecule has 0 atom stereocenters. The Labute approximate surface area is 120 Å². The summed E-state index contributed by atoms with van der Waals surface area (Å²) in [5, 5.41) is 11.5. The van der Waals surface area contributed by atoms with Crippen LogP contribution in [-0.4, -0.2) is 24.1 Å². The third-order valence-corrected chi connectivity index (χ3v) is 2.99. The Bertz CT molecular complexity index is 375. The predicted molar refractivity (Wildman–Crippen MR) is 79.5 cm³/mol. The molecular formula is C12H19Cl2N3O. The number of nitrogens with two attached hydrogens (primary N) is 1. The lowest BCUT2D eigenvalue weighted by atomic mass is 10.1. The van der Waals surface area contributed by atoms with Crippen LogP contribution in [0.1, 0.15) is 24.8 Å². The number of halogens is 2. The summed E-state index contributed by atoms with van der Waals surface area (Å²) in [5.41, 5.74) is 7.48. The second-order valence-electron chi connectivity index (χ2n) is 4.08. The fourth-order valence-electron chi connectivity index (χ4n) is 2.05. The molecule has 18 heavy (non-hydrogen) atoms. The second-order valence-corrected chi connectivity index (χ2v) is 4.08. The molecule has 0 spiro atoms. The largest absolute Gasteiger partial charge is 0.409 e. The van der Waals surface area contributed by atoms with Crippen molar-refractivity contribution in [1.29, 1.82) is 0 Å². The Morgan fingerprint density at radius 2 is 1.61 bits per heavy atom. The van der Waals surface area contributed by atoms with E-state index in [1.807, 2.05) is 24.3 Å². The first-order valence-corrected chi connectivity index (χ1v) is 5.64. The fraction of sp³-hybridized carbons (Fsp3) is 0.417. The molecule has 1 aliphatic heterocycles. The Kier molecular flexibility index (Phi) is 7.55. The second kappa shape index (κ2) is 8.06. The third-order valence-electron chi connectivity index (χ3n) is 2.99. The number of anilines is 1. The van der Waals surface area contributed by atoms with Gasteiger partial charge in [0.05, 0.1) is 0 Å². The molecule has 0 unspecified atom stereocenters. The van der Waals surface area contributed by atoms with Gasteiger partial charge in [-0.05, 0) is 43.5 Å². The summed E-state index contributed by atoms with van der Waals surface area (Å²) in [5.74, 6) is 0.158. The summed E-state index contributed by atoms with van der Waals surface area (Å²) in [6.45, 7) is 2.26. The van der Waals surface area contributed by atoms with Gasteiger partial charge in [0.1, 0.15) is 0 Å². The van der Waals surface area contributed by atoms with Crippen LogP contribution in [0, 0.1) is 0 Å². The van der Waals surface area contributed by atoms with Crippen molar-refractivity contribution in [1.82, 2.24) is 0 Å². The maximum absolute atomic E-state index is 8.56. The van der Waals surface area contributed by atoms with Gasteiger partial charge in [-0.1, -0.05) is 5.16 Å². The number of hydrogen-bond acceptors (Lipinski definition) is 3. The molecule has 1 aromatic carbocycles. The highest BCUT2D eigenvalue weighted by Gasteiger charge is 2.10. The van der Waals surface area contributed by atoms with Crippen LogP contribution >= 0.6 is 24.8 Å². The van der Waals surface area contributed by atoms with Crippen LogP contribution in [0.4, 0.5) is 5.69 Å². The molecule has 0 aliphatic carbocycles. The molecule has 1 fully saturated rings. The molecule has 1 aromatic rings. The van der Waals surface area contributed by atoms with Crippen molar-refractivity contribution in [2.45, 2.75) is 19.3 Å². The van der Waals surface area contributed by atoms with Gasteiger partial charge in [0.2, 0.25) is 0 Å². The number of amidine groups is 1. The van der Waals surface area contributed by atoms with Crippen molar-refractivity contribution in [3.05, 3.63) is 29.8 Å². The maximum Gasteiger partial charge on any atom is 0.170 e. The number of rotatable bonds is 2. The Morgan fingerprint density at radius 3 is 2.11 bits per heavy atom. The number of nitrogens with zero attached hydrogens (tertiary/aromatic N) is 2. The summed E-state index contributed by atoms with van der Waals surface area (Å²) in [6, 6.07) is 7.83. The zero-order chi connectivity index (χ0) is 11.4. The maximum atomic E-state index is 8.56. The first-order valence-electron chi connectivity index (χ1n) is 5.64. The average Bonchev–Trinajstić information content (AvgIpc) is 2.39. The standard InChI is InChI=1S/C12H17N3O.2ClH/c13-12(14-16)10-4-6-11(7-5-10)15-8-2-1-3-9-15;;/h4-7,16H,1-3,8-9H2,(H2,13,14);2*1H. The quantitative estimate of drug-likeness (QED) is 0.381.